The van der Waals surface area contributed by atoms with E-state index in [1.54, 1.807) is 12.6 Å². The maximum Gasteiger partial charge on any atom is 0.195 e. The van der Waals surface area contributed by atoms with E-state index in [1.165, 1.54) is 0 Å². The molecule has 1 saturated heterocycles. The molecular weight excluding hydrogens is 270 g/mol. The van der Waals surface area contributed by atoms with E-state index in [0.29, 0.717) is 5.58 Å². The number of hydrogen-bond acceptors (Lipinski definition) is 6. The molecule has 0 amide bonds. The summed E-state index contributed by atoms with van der Waals surface area (Å²) in [7, 11) is 0. The van der Waals surface area contributed by atoms with Crippen LogP contribution in [0.15, 0.2) is 29.2 Å². The van der Waals surface area contributed by atoms with Crippen molar-refractivity contribution in [3.05, 3.63) is 30.3 Å². The van der Waals surface area contributed by atoms with E-state index in [1.807, 2.05) is 0 Å². The second-order valence-corrected chi connectivity index (χ2v) is 5.45. The first kappa shape index (κ1) is 12.8. The number of ether oxygens (including phenoxy) is 1. The Morgan fingerprint density at radius 3 is 2.86 bits per heavy atom. The first-order valence-electron chi connectivity index (χ1n) is 7.25. The molecule has 0 aromatic carbocycles. The van der Waals surface area contributed by atoms with Crippen molar-refractivity contribution in [3.8, 4) is 0 Å². The van der Waals surface area contributed by atoms with Crippen LogP contribution >= 0.6 is 0 Å². The van der Waals surface area contributed by atoms with Crippen molar-refractivity contribution < 1.29 is 14.3 Å². The predicted molar refractivity (Wildman–Crippen MR) is 77.1 cm³/mol. The molecule has 0 aliphatic carbocycles. The fraction of sp³-hybridized carbons (Fsp3) is 0.467. The minimum absolute atomic E-state index is 0.0529. The van der Waals surface area contributed by atoms with Crippen molar-refractivity contribution in [1.29, 1.82) is 0 Å². The van der Waals surface area contributed by atoms with Gasteiger partial charge in [0.15, 0.2) is 11.4 Å². The summed E-state index contributed by atoms with van der Waals surface area (Å²) in [5.74, 6) is 0.827. The molecule has 2 aliphatic heterocycles. The van der Waals surface area contributed by atoms with Crippen molar-refractivity contribution >= 4 is 16.9 Å². The van der Waals surface area contributed by atoms with Crippen LogP contribution in [0.1, 0.15) is 24.5 Å². The summed E-state index contributed by atoms with van der Waals surface area (Å²) in [5, 5.41) is 9.19. The Morgan fingerprint density at radius 2 is 2.10 bits per heavy atom. The van der Waals surface area contributed by atoms with Gasteiger partial charge in [0, 0.05) is 18.7 Å². The molecule has 1 fully saturated rings. The monoisotopic (exact) mass is 287 g/mol. The van der Waals surface area contributed by atoms with Crippen LogP contribution in [0, 0.1) is 0 Å². The molecular formula is C15H17N3O3. The van der Waals surface area contributed by atoms with Gasteiger partial charge in [-0.2, -0.15) is 0 Å². The van der Waals surface area contributed by atoms with E-state index in [2.05, 4.69) is 27.0 Å². The second kappa shape index (κ2) is 5.13. The second-order valence-electron chi connectivity index (χ2n) is 5.45. The van der Waals surface area contributed by atoms with Crippen LogP contribution in [0.25, 0.3) is 11.1 Å². The highest BCUT2D eigenvalue weighted by atomic mass is 16.5. The van der Waals surface area contributed by atoms with Gasteiger partial charge in [0.2, 0.25) is 0 Å². The van der Waals surface area contributed by atoms with E-state index in [4.69, 9.17) is 9.15 Å². The molecule has 4 rings (SSSR count). The molecule has 21 heavy (non-hydrogen) atoms. The Morgan fingerprint density at radius 1 is 1.24 bits per heavy atom. The van der Waals surface area contributed by atoms with Crippen molar-refractivity contribution in [2.24, 2.45) is 0 Å². The number of fused-ring (bicyclic) bond motifs is 1. The van der Waals surface area contributed by atoms with Gasteiger partial charge in [-0.1, -0.05) is 12.2 Å². The average molecular weight is 287 g/mol. The number of furan rings is 1. The topological polar surface area (TPSA) is 71.6 Å². The van der Waals surface area contributed by atoms with Crippen LogP contribution < -0.4 is 4.90 Å². The summed E-state index contributed by atoms with van der Waals surface area (Å²) in [6.07, 6.45) is 9.14. The summed E-state index contributed by atoms with van der Waals surface area (Å²) in [6.45, 7) is 1.75. The van der Waals surface area contributed by atoms with Gasteiger partial charge in [0.1, 0.15) is 11.8 Å². The molecule has 6 heteroatoms. The third-order valence-corrected chi connectivity index (χ3v) is 4.14. The number of rotatable bonds is 3. The number of aromatic nitrogens is 2. The molecule has 2 aromatic rings. The molecule has 0 saturated carbocycles. The van der Waals surface area contributed by atoms with Crippen LogP contribution in [0.2, 0.25) is 0 Å². The fourth-order valence-electron chi connectivity index (χ4n) is 3.03. The van der Waals surface area contributed by atoms with Crippen LogP contribution in [0.3, 0.4) is 0 Å². The van der Waals surface area contributed by atoms with E-state index in [-0.39, 0.29) is 18.8 Å². The smallest absolute Gasteiger partial charge is 0.195 e. The largest absolute Gasteiger partial charge is 0.458 e. The van der Waals surface area contributed by atoms with Gasteiger partial charge in [-0.25, -0.2) is 9.97 Å². The van der Waals surface area contributed by atoms with Gasteiger partial charge in [-0.15, -0.1) is 0 Å². The summed E-state index contributed by atoms with van der Waals surface area (Å²) in [6, 6.07) is 0. The van der Waals surface area contributed by atoms with Gasteiger partial charge in [0.05, 0.1) is 25.1 Å². The summed E-state index contributed by atoms with van der Waals surface area (Å²) in [4.78, 5) is 10.9. The van der Waals surface area contributed by atoms with E-state index >= 15 is 0 Å². The lowest BCUT2D eigenvalue weighted by atomic mass is 10.1. The molecule has 0 bridgehead atoms. The highest BCUT2D eigenvalue weighted by Gasteiger charge is 2.30. The third kappa shape index (κ3) is 2.11. The number of hydrogen-bond donors (Lipinski definition) is 1. The molecule has 0 unspecified atom stereocenters. The molecule has 4 heterocycles. The average Bonchev–Trinajstić information content (AvgIpc) is 3.25. The van der Waals surface area contributed by atoms with Gasteiger partial charge < -0.3 is 19.2 Å². The van der Waals surface area contributed by atoms with Gasteiger partial charge >= 0.3 is 0 Å². The zero-order valence-electron chi connectivity index (χ0n) is 11.6. The zero-order chi connectivity index (χ0) is 14.2. The van der Waals surface area contributed by atoms with Crippen LogP contribution in [-0.4, -0.2) is 40.9 Å². The van der Waals surface area contributed by atoms with Crippen LogP contribution in [0.4, 0.5) is 5.82 Å². The quantitative estimate of drug-likeness (QED) is 0.868. The highest BCUT2D eigenvalue weighted by Crippen LogP contribution is 2.38. The number of aliphatic hydroxyl groups is 1. The van der Waals surface area contributed by atoms with Gasteiger partial charge in [0.25, 0.3) is 0 Å². The van der Waals surface area contributed by atoms with Gasteiger partial charge in [-0.05, 0) is 12.8 Å². The molecule has 0 radical (unpaired) electrons. The number of anilines is 1. The predicted octanol–water partition coefficient (Wildman–Crippen LogP) is 1.81. The Kier molecular flexibility index (Phi) is 3.12. The lowest BCUT2D eigenvalue weighted by Gasteiger charge is -2.16. The Bertz CT molecular complexity index is 674. The van der Waals surface area contributed by atoms with Gasteiger partial charge in [-0.3, -0.25) is 0 Å². The molecule has 1 N–H and O–H groups in total. The maximum absolute atomic E-state index is 9.19. The molecule has 6 nitrogen and oxygen atoms in total. The first-order chi connectivity index (χ1) is 10.4. The zero-order valence-corrected chi connectivity index (χ0v) is 11.6. The van der Waals surface area contributed by atoms with E-state index in [0.717, 1.165) is 42.8 Å². The molecule has 2 aromatic heterocycles. The Labute approximate surface area is 122 Å². The van der Waals surface area contributed by atoms with Crippen molar-refractivity contribution in [3.63, 3.8) is 0 Å². The van der Waals surface area contributed by atoms with Crippen molar-refractivity contribution in [2.75, 3.05) is 24.6 Å². The maximum atomic E-state index is 9.19. The Hall–Kier alpha value is -1.92. The van der Waals surface area contributed by atoms with E-state index < -0.39 is 0 Å². The minimum Gasteiger partial charge on any atom is -0.458 e. The SMILES string of the molecule is OC[C@@H]1CC[C@H](c2coc3c(N4CC=CC4)ncnc23)O1. The molecule has 110 valence electrons. The number of nitrogens with zero attached hydrogens (tertiary/aromatic N) is 3. The summed E-state index contributed by atoms with van der Waals surface area (Å²) in [5.41, 5.74) is 2.49. The third-order valence-electron chi connectivity index (χ3n) is 4.14. The minimum atomic E-state index is -0.0796. The van der Waals surface area contributed by atoms with Crippen molar-refractivity contribution in [1.82, 2.24) is 9.97 Å². The molecule has 2 aliphatic rings. The summed E-state index contributed by atoms with van der Waals surface area (Å²) < 4.78 is 11.6. The van der Waals surface area contributed by atoms with Crippen LogP contribution in [0.5, 0.6) is 0 Å². The normalized spacial score (nSPS) is 25.3. The fourth-order valence-corrected chi connectivity index (χ4v) is 3.03. The number of aliphatic hydroxyl groups excluding tert-OH is 1. The summed E-state index contributed by atoms with van der Waals surface area (Å²) >= 11 is 0. The highest BCUT2D eigenvalue weighted by molar-refractivity contribution is 5.87. The van der Waals surface area contributed by atoms with Crippen molar-refractivity contribution in [2.45, 2.75) is 25.0 Å². The molecule has 2 atom stereocenters. The van der Waals surface area contributed by atoms with Crippen LogP contribution in [-0.2, 0) is 4.74 Å². The standard InChI is InChI=1S/C15H17N3O3/c19-7-10-3-4-12(21-10)11-8-20-14-13(11)16-9-17-15(14)18-5-1-2-6-18/h1-2,8-10,12,19H,3-7H2/t10-,12+/m0/s1. The lowest BCUT2D eigenvalue weighted by Crippen LogP contribution is -2.20. The lowest BCUT2D eigenvalue weighted by molar-refractivity contribution is 0.0112. The first-order valence-corrected chi connectivity index (χ1v) is 7.25. The molecule has 0 spiro atoms. The Balaban J connectivity index is 1.70. The van der Waals surface area contributed by atoms with E-state index in [9.17, 15) is 5.11 Å².